The molecule has 0 fully saturated rings. The summed E-state index contributed by atoms with van der Waals surface area (Å²) in [7, 11) is 0. The van der Waals surface area contributed by atoms with Gasteiger partial charge in [0.2, 0.25) is 5.56 Å². The summed E-state index contributed by atoms with van der Waals surface area (Å²) in [6.45, 7) is 0.177. The molecule has 0 spiro atoms. The second kappa shape index (κ2) is 7.08. The number of hydrogen-bond acceptors (Lipinski definition) is 3. The van der Waals surface area contributed by atoms with Gasteiger partial charge in [0.15, 0.2) is 0 Å². The maximum absolute atomic E-state index is 11.8. The molecule has 0 unspecified atom stereocenters. The number of hydrogen-bond donors (Lipinski definition) is 3. The molecule has 5 nitrogen and oxygen atoms in total. The number of aromatic amines is 1. The highest BCUT2D eigenvalue weighted by Gasteiger charge is 2.05. The van der Waals surface area contributed by atoms with Gasteiger partial charge in [-0.2, -0.15) is 0 Å². The maximum atomic E-state index is 11.8. The van der Waals surface area contributed by atoms with E-state index in [2.05, 4.69) is 22.1 Å². The van der Waals surface area contributed by atoms with Crippen LogP contribution in [0.25, 0.3) is 0 Å². The van der Waals surface area contributed by atoms with E-state index in [4.69, 9.17) is 5.11 Å². The van der Waals surface area contributed by atoms with Gasteiger partial charge in [0, 0.05) is 18.2 Å². The molecule has 21 heavy (non-hydrogen) atoms. The number of rotatable bonds is 3. The minimum atomic E-state index is -0.336. The Morgan fingerprint density at radius 3 is 2.62 bits per heavy atom. The molecule has 1 aromatic heterocycles. The van der Waals surface area contributed by atoms with Crippen molar-refractivity contribution in [3.63, 3.8) is 0 Å². The Balaban J connectivity index is 1.96. The number of carbonyl (C=O) groups excluding carboxylic acids is 1. The molecular formula is C16H14N2O3. The first-order valence-corrected chi connectivity index (χ1v) is 6.35. The molecule has 0 saturated heterocycles. The number of aromatic nitrogens is 1. The summed E-state index contributed by atoms with van der Waals surface area (Å²) < 4.78 is 0. The number of aliphatic hydroxyl groups is 1. The summed E-state index contributed by atoms with van der Waals surface area (Å²) >= 11 is 0. The van der Waals surface area contributed by atoms with Crippen LogP contribution < -0.4 is 10.9 Å². The van der Waals surface area contributed by atoms with Gasteiger partial charge < -0.3 is 15.4 Å². The molecule has 2 rings (SSSR count). The molecule has 0 saturated carbocycles. The zero-order valence-corrected chi connectivity index (χ0v) is 11.2. The third-order valence-corrected chi connectivity index (χ3v) is 2.73. The van der Waals surface area contributed by atoms with Gasteiger partial charge in [-0.1, -0.05) is 30.0 Å². The first-order chi connectivity index (χ1) is 10.2. The molecule has 0 radical (unpaired) electrons. The van der Waals surface area contributed by atoms with E-state index in [9.17, 15) is 9.59 Å². The van der Waals surface area contributed by atoms with Crippen molar-refractivity contribution < 1.29 is 9.90 Å². The predicted octanol–water partition coefficient (Wildman–Crippen LogP) is 0.649. The van der Waals surface area contributed by atoms with Crippen molar-refractivity contribution in [2.45, 2.75) is 6.54 Å². The number of carbonyl (C=O) groups is 1. The van der Waals surface area contributed by atoms with Crippen LogP contribution in [0.1, 0.15) is 21.6 Å². The molecule has 5 heteroatoms. The van der Waals surface area contributed by atoms with E-state index in [-0.39, 0.29) is 23.8 Å². The van der Waals surface area contributed by atoms with Crippen molar-refractivity contribution in [2.75, 3.05) is 6.61 Å². The molecule has 1 heterocycles. The van der Waals surface area contributed by atoms with E-state index in [1.54, 1.807) is 6.07 Å². The van der Waals surface area contributed by atoms with E-state index < -0.39 is 0 Å². The molecular weight excluding hydrogens is 268 g/mol. The molecule has 106 valence electrons. The van der Waals surface area contributed by atoms with Crippen molar-refractivity contribution >= 4 is 5.91 Å². The largest absolute Gasteiger partial charge is 0.384 e. The number of H-pyrrole nitrogens is 1. The van der Waals surface area contributed by atoms with E-state index in [1.807, 2.05) is 24.3 Å². The first-order valence-electron chi connectivity index (χ1n) is 6.35. The summed E-state index contributed by atoms with van der Waals surface area (Å²) in [5.41, 5.74) is 1.63. The minimum absolute atomic E-state index is 0.174. The van der Waals surface area contributed by atoms with Crippen LogP contribution in [-0.2, 0) is 6.54 Å². The van der Waals surface area contributed by atoms with Gasteiger partial charge in [0.25, 0.3) is 5.91 Å². The van der Waals surface area contributed by atoms with Crippen molar-refractivity contribution in [3.8, 4) is 11.8 Å². The standard InChI is InChI=1S/C16H14N2O3/c19-10-2-3-12-6-8-13(9-7-12)11-17-16(21)14-4-1-5-15(20)18-14/h1,4-9,19H,10-11H2,(H,17,21)(H,18,20). The summed E-state index contributed by atoms with van der Waals surface area (Å²) in [6.07, 6.45) is 0. The van der Waals surface area contributed by atoms with Gasteiger partial charge in [-0.25, -0.2) is 0 Å². The lowest BCUT2D eigenvalue weighted by Gasteiger charge is -2.05. The summed E-state index contributed by atoms with van der Waals surface area (Å²) in [4.78, 5) is 25.4. The Bertz CT molecular complexity index is 736. The van der Waals surface area contributed by atoms with Gasteiger partial charge in [-0.15, -0.1) is 0 Å². The quantitative estimate of drug-likeness (QED) is 0.723. The molecule has 1 aromatic carbocycles. The molecule has 0 aliphatic heterocycles. The maximum Gasteiger partial charge on any atom is 0.268 e. The Morgan fingerprint density at radius 1 is 1.19 bits per heavy atom. The Kier molecular flexibility index (Phi) is 4.91. The van der Waals surface area contributed by atoms with Crippen LogP contribution in [0.5, 0.6) is 0 Å². The zero-order chi connectivity index (χ0) is 15.1. The Morgan fingerprint density at radius 2 is 1.95 bits per heavy atom. The average Bonchev–Trinajstić information content (AvgIpc) is 2.51. The van der Waals surface area contributed by atoms with Gasteiger partial charge in [0.05, 0.1) is 0 Å². The van der Waals surface area contributed by atoms with Crippen LogP contribution >= 0.6 is 0 Å². The molecule has 0 atom stereocenters. The number of benzene rings is 1. The fourth-order valence-electron chi connectivity index (χ4n) is 1.71. The lowest BCUT2D eigenvalue weighted by atomic mass is 10.1. The summed E-state index contributed by atoms with van der Waals surface area (Å²) in [5.74, 6) is 5.02. The summed E-state index contributed by atoms with van der Waals surface area (Å²) in [5, 5.41) is 11.3. The monoisotopic (exact) mass is 282 g/mol. The van der Waals surface area contributed by atoms with Gasteiger partial charge in [-0.3, -0.25) is 9.59 Å². The van der Waals surface area contributed by atoms with Gasteiger partial charge >= 0.3 is 0 Å². The predicted molar refractivity (Wildman–Crippen MR) is 78.6 cm³/mol. The van der Waals surface area contributed by atoms with Crippen molar-refractivity contribution in [2.24, 2.45) is 0 Å². The first kappa shape index (κ1) is 14.6. The second-order valence-electron chi connectivity index (χ2n) is 4.27. The van der Waals surface area contributed by atoms with Crippen LogP contribution in [0, 0.1) is 11.8 Å². The minimum Gasteiger partial charge on any atom is -0.384 e. The van der Waals surface area contributed by atoms with Crippen LogP contribution in [0.2, 0.25) is 0 Å². The number of amides is 1. The fourth-order valence-corrected chi connectivity index (χ4v) is 1.71. The van der Waals surface area contributed by atoms with E-state index in [0.717, 1.165) is 11.1 Å². The topological polar surface area (TPSA) is 82.2 Å². The highest BCUT2D eigenvalue weighted by Crippen LogP contribution is 2.03. The molecule has 2 aromatic rings. The van der Waals surface area contributed by atoms with Gasteiger partial charge in [-0.05, 0) is 23.8 Å². The van der Waals surface area contributed by atoms with Gasteiger partial charge in [0.1, 0.15) is 12.3 Å². The lowest BCUT2D eigenvalue weighted by molar-refractivity contribution is 0.0945. The smallest absolute Gasteiger partial charge is 0.268 e. The highest BCUT2D eigenvalue weighted by molar-refractivity contribution is 5.92. The van der Waals surface area contributed by atoms with Crippen LogP contribution in [-0.4, -0.2) is 22.6 Å². The zero-order valence-electron chi connectivity index (χ0n) is 11.2. The Labute approximate surface area is 121 Å². The molecule has 0 aliphatic carbocycles. The fraction of sp³-hybridized carbons (Fsp3) is 0.125. The average molecular weight is 282 g/mol. The third kappa shape index (κ3) is 4.34. The Hall–Kier alpha value is -2.84. The second-order valence-corrected chi connectivity index (χ2v) is 4.27. The number of pyridine rings is 1. The van der Waals surface area contributed by atoms with E-state index >= 15 is 0 Å². The van der Waals surface area contributed by atoms with Crippen LogP contribution in [0.15, 0.2) is 47.3 Å². The van der Waals surface area contributed by atoms with E-state index in [0.29, 0.717) is 6.54 Å². The van der Waals surface area contributed by atoms with Crippen molar-refractivity contribution in [1.82, 2.24) is 10.3 Å². The molecule has 3 N–H and O–H groups in total. The van der Waals surface area contributed by atoms with Crippen molar-refractivity contribution in [3.05, 3.63) is 69.6 Å². The van der Waals surface area contributed by atoms with Crippen LogP contribution in [0.4, 0.5) is 0 Å². The number of nitrogens with one attached hydrogen (secondary N) is 2. The molecule has 0 aliphatic rings. The van der Waals surface area contributed by atoms with E-state index in [1.165, 1.54) is 12.1 Å². The SMILES string of the molecule is O=C(NCc1ccc(C#CCO)cc1)c1cccc(=O)[nH]1. The summed E-state index contributed by atoms with van der Waals surface area (Å²) in [6, 6.07) is 11.7. The normalized spacial score (nSPS) is 9.57. The third-order valence-electron chi connectivity index (χ3n) is 2.73. The lowest BCUT2D eigenvalue weighted by Crippen LogP contribution is -2.25. The molecule has 0 bridgehead atoms. The number of aliphatic hydroxyl groups excluding tert-OH is 1. The van der Waals surface area contributed by atoms with Crippen molar-refractivity contribution in [1.29, 1.82) is 0 Å². The highest BCUT2D eigenvalue weighted by atomic mass is 16.2. The molecule has 1 amide bonds. The van der Waals surface area contributed by atoms with Crippen LogP contribution in [0.3, 0.4) is 0 Å².